The first-order chi connectivity index (χ1) is 12.0. The first-order valence-corrected chi connectivity index (χ1v) is 14.0. The van der Waals surface area contributed by atoms with Crippen LogP contribution >= 0.6 is 26.0 Å². The van der Waals surface area contributed by atoms with Gasteiger partial charge in [-0.25, -0.2) is 0 Å². The molecule has 1 aromatic carbocycles. The second kappa shape index (κ2) is 7.70. The van der Waals surface area contributed by atoms with Crippen molar-refractivity contribution in [3.8, 4) is 0 Å². The highest BCUT2D eigenvalue weighted by Crippen LogP contribution is 2.81. The lowest BCUT2D eigenvalue weighted by Crippen LogP contribution is -2.38. The first-order valence-electron chi connectivity index (χ1n) is 8.66. The maximum atomic E-state index is 6.17. The molecule has 2 heterocycles. The van der Waals surface area contributed by atoms with Gasteiger partial charge in [0.2, 0.25) is 7.07 Å². The SMILES string of the molecule is CC1(C)CO[P](S)(N(Cc2ccccc2)P2(=S)OCC(C)(C)CO2)OC1. The van der Waals surface area contributed by atoms with E-state index in [-0.39, 0.29) is 10.8 Å². The van der Waals surface area contributed by atoms with Gasteiger partial charge in [-0.2, -0.15) is 4.44 Å². The van der Waals surface area contributed by atoms with Gasteiger partial charge in [0.05, 0.1) is 26.4 Å². The number of hydrogen-bond donors (Lipinski definition) is 1. The van der Waals surface area contributed by atoms with Gasteiger partial charge in [0.1, 0.15) is 0 Å². The normalized spacial score (nSPS) is 26.5. The summed E-state index contributed by atoms with van der Waals surface area (Å²) in [6.07, 6.45) is 0. The zero-order chi connectivity index (χ0) is 19.1. The van der Waals surface area contributed by atoms with E-state index in [0.717, 1.165) is 5.56 Å². The Morgan fingerprint density at radius 2 is 1.38 bits per heavy atom. The lowest BCUT2D eigenvalue weighted by Gasteiger charge is -2.51. The summed E-state index contributed by atoms with van der Waals surface area (Å²) >= 11 is 10.8. The Balaban J connectivity index is 1.88. The van der Waals surface area contributed by atoms with Gasteiger partial charge in [-0.05, 0) is 17.4 Å². The van der Waals surface area contributed by atoms with Crippen molar-refractivity contribution in [3.05, 3.63) is 35.9 Å². The standard InChI is InChI=1S/C17H28NO4P2S2/c1-16(2)11-19-23(25,20-12-16)18(10-15-8-6-5-7-9-15)24(26)21-13-17(3,4)14-22-24/h5-9,25H,10-14H2,1-4H3. The summed E-state index contributed by atoms with van der Waals surface area (Å²) in [7, 11) is -2.67. The zero-order valence-electron chi connectivity index (χ0n) is 15.8. The van der Waals surface area contributed by atoms with E-state index in [4.69, 9.17) is 42.2 Å². The van der Waals surface area contributed by atoms with Crippen LogP contribution in [0.25, 0.3) is 0 Å². The third kappa shape index (κ3) is 4.89. The molecule has 26 heavy (non-hydrogen) atoms. The molecule has 0 spiro atoms. The van der Waals surface area contributed by atoms with Crippen molar-refractivity contribution in [1.29, 1.82) is 0 Å². The average Bonchev–Trinajstić information content (AvgIpc) is 2.60. The molecule has 0 aliphatic carbocycles. The maximum Gasteiger partial charge on any atom is 0.271 e. The average molecular weight is 436 g/mol. The molecule has 147 valence electrons. The van der Waals surface area contributed by atoms with Crippen molar-refractivity contribution in [1.82, 2.24) is 4.44 Å². The fraction of sp³-hybridized carbons (Fsp3) is 0.647. The zero-order valence-corrected chi connectivity index (χ0v) is 19.3. The number of thiol groups is 1. The van der Waals surface area contributed by atoms with Crippen LogP contribution in [-0.2, 0) is 36.4 Å². The number of benzene rings is 1. The molecule has 9 heteroatoms. The minimum atomic E-state index is -2.75. The first kappa shape index (κ1) is 21.2. The lowest BCUT2D eigenvalue weighted by atomic mass is 9.97. The van der Waals surface area contributed by atoms with Crippen LogP contribution in [0.3, 0.4) is 0 Å². The molecule has 2 fully saturated rings. The van der Waals surface area contributed by atoms with E-state index in [9.17, 15) is 0 Å². The van der Waals surface area contributed by atoms with Gasteiger partial charge in [0, 0.05) is 17.4 Å². The van der Waals surface area contributed by atoms with Gasteiger partial charge in [0.15, 0.2) is 0 Å². The minimum absolute atomic E-state index is 0.0476. The molecule has 0 atom stereocenters. The van der Waals surface area contributed by atoms with Gasteiger partial charge >= 0.3 is 0 Å². The third-order valence-electron chi connectivity index (χ3n) is 4.23. The molecular formula is C17H28NO4P2S2. The summed E-state index contributed by atoms with van der Waals surface area (Å²) in [6, 6.07) is 10.1. The van der Waals surface area contributed by atoms with Crippen LogP contribution < -0.4 is 0 Å². The van der Waals surface area contributed by atoms with Crippen molar-refractivity contribution in [3.63, 3.8) is 0 Å². The molecule has 0 saturated carbocycles. The summed E-state index contributed by atoms with van der Waals surface area (Å²) in [6.45, 7) is 8.44. The van der Waals surface area contributed by atoms with Gasteiger partial charge in [-0.1, -0.05) is 70.3 Å². The van der Waals surface area contributed by atoms with E-state index in [0.29, 0.717) is 33.0 Å². The molecule has 2 saturated heterocycles. The molecule has 1 radical (unpaired) electrons. The topological polar surface area (TPSA) is 40.2 Å². The van der Waals surface area contributed by atoms with Crippen molar-refractivity contribution in [2.45, 2.75) is 34.2 Å². The molecule has 0 amide bonds. The van der Waals surface area contributed by atoms with Crippen molar-refractivity contribution >= 4 is 37.8 Å². The Morgan fingerprint density at radius 3 is 1.88 bits per heavy atom. The largest absolute Gasteiger partial charge is 0.320 e. The second-order valence-electron chi connectivity index (χ2n) is 8.40. The molecule has 5 nitrogen and oxygen atoms in total. The predicted molar refractivity (Wildman–Crippen MR) is 114 cm³/mol. The van der Waals surface area contributed by atoms with E-state index in [1.54, 1.807) is 0 Å². The van der Waals surface area contributed by atoms with E-state index in [1.165, 1.54) is 0 Å². The van der Waals surface area contributed by atoms with E-state index in [1.807, 2.05) is 22.6 Å². The molecule has 0 bridgehead atoms. The van der Waals surface area contributed by atoms with Gasteiger partial charge in [-0.15, -0.1) is 0 Å². The van der Waals surface area contributed by atoms with Crippen LogP contribution in [0.5, 0.6) is 0 Å². The van der Waals surface area contributed by atoms with Crippen molar-refractivity contribution in [2.75, 3.05) is 26.4 Å². The Labute approximate surface area is 167 Å². The fourth-order valence-corrected chi connectivity index (χ4v) is 11.0. The van der Waals surface area contributed by atoms with E-state index < -0.39 is 13.7 Å². The molecule has 1 aromatic rings. The van der Waals surface area contributed by atoms with Crippen molar-refractivity contribution in [2.24, 2.45) is 10.8 Å². The number of nitrogens with zero attached hydrogens (tertiary/aromatic N) is 1. The van der Waals surface area contributed by atoms with E-state index in [2.05, 4.69) is 39.8 Å². The monoisotopic (exact) mass is 436 g/mol. The Hall–Kier alpha value is 0.450. The predicted octanol–water partition coefficient (Wildman–Crippen LogP) is 5.47. The number of rotatable bonds is 4. The molecular weight excluding hydrogens is 408 g/mol. The van der Waals surface area contributed by atoms with Crippen LogP contribution in [0.15, 0.2) is 30.3 Å². The third-order valence-corrected chi connectivity index (χ3v) is 12.3. The van der Waals surface area contributed by atoms with Crippen LogP contribution in [-0.4, -0.2) is 30.9 Å². The van der Waals surface area contributed by atoms with Crippen LogP contribution in [0.1, 0.15) is 33.3 Å². The molecule has 3 rings (SSSR count). The summed E-state index contributed by atoms with van der Waals surface area (Å²) in [5.74, 6) is 0. The Morgan fingerprint density at radius 1 is 0.923 bits per heavy atom. The summed E-state index contributed by atoms with van der Waals surface area (Å²) in [4.78, 5) is 0. The van der Waals surface area contributed by atoms with Gasteiger partial charge in [-0.3, -0.25) is 0 Å². The smallest absolute Gasteiger partial charge is 0.271 e. The van der Waals surface area contributed by atoms with Gasteiger partial charge in [0.25, 0.3) is 6.64 Å². The van der Waals surface area contributed by atoms with Crippen LogP contribution in [0.4, 0.5) is 0 Å². The van der Waals surface area contributed by atoms with Crippen LogP contribution in [0.2, 0.25) is 0 Å². The molecule has 0 aromatic heterocycles. The molecule has 2 aliphatic heterocycles. The minimum Gasteiger partial charge on any atom is -0.320 e. The van der Waals surface area contributed by atoms with Crippen LogP contribution in [0, 0.1) is 10.8 Å². The van der Waals surface area contributed by atoms with Gasteiger partial charge < -0.3 is 18.1 Å². The second-order valence-corrected chi connectivity index (χ2v) is 15.5. The molecule has 0 N–H and O–H groups in total. The number of hydrogen-bond acceptors (Lipinski definition) is 6. The quantitative estimate of drug-likeness (QED) is 0.499. The highest BCUT2D eigenvalue weighted by molar-refractivity contribution is 8.50. The lowest BCUT2D eigenvalue weighted by molar-refractivity contribution is 0.0295. The fourth-order valence-electron chi connectivity index (χ4n) is 2.52. The van der Waals surface area contributed by atoms with E-state index >= 15 is 0 Å². The Kier molecular flexibility index (Phi) is 6.27. The summed E-state index contributed by atoms with van der Waals surface area (Å²) < 4.78 is 26.6. The molecule has 0 unspecified atom stereocenters. The van der Waals surface area contributed by atoms with Crippen molar-refractivity contribution < 1.29 is 18.1 Å². The highest BCUT2D eigenvalue weighted by Gasteiger charge is 2.50. The Bertz CT molecular complexity index is 663. The highest BCUT2D eigenvalue weighted by atomic mass is 32.7. The maximum absolute atomic E-state index is 6.17. The summed E-state index contributed by atoms with van der Waals surface area (Å²) in [5.41, 5.74) is 0.993. The molecule has 2 aliphatic rings. The summed E-state index contributed by atoms with van der Waals surface area (Å²) in [5, 5.41) is 0.